The van der Waals surface area contributed by atoms with E-state index in [0.29, 0.717) is 16.1 Å². The molecule has 3 nitrogen and oxygen atoms in total. The van der Waals surface area contributed by atoms with Gasteiger partial charge in [-0.15, -0.1) is 0 Å². The van der Waals surface area contributed by atoms with Gasteiger partial charge in [-0.2, -0.15) is 0 Å². The number of aryl methyl sites for hydroxylation is 1. The fourth-order valence-electron chi connectivity index (χ4n) is 3.18. The average molecular weight is 509 g/mol. The van der Waals surface area contributed by atoms with Crippen LogP contribution in [0.15, 0.2) is 94.6 Å². The second kappa shape index (κ2) is 9.43. The molecule has 156 valence electrons. The van der Waals surface area contributed by atoms with Crippen molar-refractivity contribution in [3.8, 4) is 0 Å². The SMILES string of the molecule is C=C(F)C(c1ccc(Br)cc1)C(NS(=O)(=O)c1ccc(C)cc1)c1ccc(Cl)cc1. The van der Waals surface area contributed by atoms with E-state index in [1.165, 1.54) is 12.1 Å². The first-order chi connectivity index (χ1) is 14.2. The highest BCUT2D eigenvalue weighted by Crippen LogP contribution is 2.38. The fraction of sp³-hybridized carbons (Fsp3) is 0.130. The van der Waals surface area contributed by atoms with E-state index in [-0.39, 0.29) is 4.90 Å². The molecule has 2 atom stereocenters. The lowest BCUT2D eigenvalue weighted by Crippen LogP contribution is -2.33. The summed E-state index contributed by atoms with van der Waals surface area (Å²) < 4.78 is 44.5. The van der Waals surface area contributed by atoms with Crippen LogP contribution in [0.5, 0.6) is 0 Å². The van der Waals surface area contributed by atoms with Crippen molar-refractivity contribution < 1.29 is 12.8 Å². The molecule has 3 aromatic carbocycles. The van der Waals surface area contributed by atoms with Crippen LogP contribution in [0.25, 0.3) is 0 Å². The topological polar surface area (TPSA) is 46.2 Å². The Balaban J connectivity index is 2.09. The predicted octanol–water partition coefficient (Wildman–Crippen LogP) is 6.70. The molecule has 0 aliphatic carbocycles. The molecule has 0 aliphatic rings. The van der Waals surface area contributed by atoms with Gasteiger partial charge in [0.2, 0.25) is 10.0 Å². The summed E-state index contributed by atoms with van der Waals surface area (Å²) in [4.78, 5) is 0.103. The van der Waals surface area contributed by atoms with Gasteiger partial charge in [0.05, 0.1) is 16.9 Å². The minimum absolute atomic E-state index is 0.103. The van der Waals surface area contributed by atoms with Gasteiger partial charge >= 0.3 is 0 Å². The van der Waals surface area contributed by atoms with Crippen LogP contribution in [0.2, 0.25) is 5.02 Å². The van der Waals surface area contributed by atoms with E-state index in [1.54, 1.807) is 60.7 Å². The van der Waals surface area contributed by atoms with Crippen LogP contribution in [0.4, 0.5) is 4.39 Å². The molecule has 3 rings (SSSR count). The van der Waals surface area contributed by atoms with Crippen LogP contribution in [0, 0.1) is 6.92 Å². The Morgan fingerprint density at radius 1 is 0.967 bits per heavy atom. The summed E-state index contributed by atoms with van der Waals surface area (Å²) >= 11 is 9.37. The minimum Gasteiger partial charge on any atom is -0.212 e. The van der Waals surface area contributed by atoms with Crippen molar-refractivity contribution in [3.63, 3.8) is 0 Å². The molecular formula is C23H20BrClFNO2S. The second-order valence-electron chi connectivity index (χ2n) is 6.94. The Labute approximate surface area is 189 Å². The molecule has 2 unspecified atom stereocenters. The number of rotatable bonds is 7. The maximum absolute atomic E-state index is 14.7. The van der Waals surface area contributed by atoms with Crippen LogP contribution in [0.3, 0.4) is 0 Å². The number of nitrogens with one attached hydrogen (secondary N) is 1. The fourth-order valence-corrected chi connectivity index (χ4v) is 4.80. The van der Waals surface area contributed by atoms with Gasteiger partial charge in [0.25, 0.3) is 0 Å². The van der Waals surface area contributed by atoms with E-state index in [1.807, 2.05) is 6.92 Å². The standard InChI is InChI=1S/C23H20BrClFNO2S/c1-15-3-13-21(14-4-15)30(28,29)27-23(18-7-11-20(25)12-8-18)22(16(2)26)17-5-9-19(24)10-6-17/h3-14,22-23,27H,2H2,1H3. The van der Waals surface area contributed by atoms with Gasteiger partial charge in [0.1, 0.15) is 5.83 Å². The van der Waals surface area contributed by atoms with Crippen molar-refractivity contribution in [3.05, 3.63) is 111 Å². The van der Waals surface area contributed by atoms with E-state index in [4.69, 9.17) is 11.6 Å². The molecule has 0 amide bonds. The Bertz CT molecular complexity index is 1130. The first kappa shape index (κ1) is 22.7. The van der Waals surface area contributed by atoms with Crippen LogP contribution in [0.1, 0.15) is 28.7 Å². The summed E-state index contributed by atoms with van der Waals surface area (Å²) in [7, 11) is -3.93. The molecule has 0 fully saturated rings. The number of hydrogen-bond acceptors (Lipinski definition) is 2. The summed E-state index contributed by atoms with van der Waals surface area (Å²) in [6, 6.07) is 19.2. The molecule has 1 N–H and O–H groups in total. The minimum atomic E-state index is -3.93. The van der Waals surface area contributed by atoms with E-state index in [2.05, 4.69) is 27.2 Å². The third-order valence-corrected chi connectivity index (χ3v) is 6.98. The summed E-state index contributed by atoms with van der Waals surface area (Å²) in [6.45, 7) is 5.37. The molecule has 0 aliphatic heterocycles. The maximum Gasteiger partial charge on any atom is 0.241 e. The first-order valence-electron chi connectivity index (χ1n) is 9.11. The van der Waals surface area contributed by atoms with E-state index < -0.39 is 27.8 Å². The largest absolute Gasteiger partial charge is 0.241 e. The number of benzene rings is 3. The molecule has 0 bridgehead atoms. The van der Waals surface area contributed by atoms with Crippen LogP contribution in [-0.4, -0.2) is 8.42 Å². The zero-order valence-corrected chi connectivity index (χ0v) is 19.3. The summed E-state index contributed by atoms with van der Waals surface area (Å²) in [6.07, 6.45) is 0. The van der Waals surface area contributed by atoms with E-state index >= 15 is 0 Å². The molecular weight excluding hydrogens is 489 g/mol. The highest BCUT2D eigenvalue weighted by atomic mass is 79.9. The van der Waals surface area contributed by atoms with Crippen molar-refractivity contribution >= 4 is 37.6 Å². The van der Waals surface area contributed by atoms with Gasteiger partial charge in [-0.1, -0.05) is 76.1 Å². The smallest absolute Gasteiger partial charge is 0.212 e. The van der Waals surface area contributed by atoms with Crippen molar-refractivity contribution in [1.29, 1.82) is 0 Å². The molecule has 0 saturated heterocycles. The molecule has 0 radical (unpaired) electrons. The van der Waals surface area contributed by atoms with Gasteiger partial charge in [-0.05, 0) is 54.4 Å². The van der Waals surface area contributed by atoms with Gasteiger partial charge in [-0.25, -0.2) is 17.5 Å². The number of sulfonamides is 1. The zero-order chi connectivity index (χ0) is 21.9. The molecule has 7 heteroatoms. The van der Waals surface area contributed by atoms with Crippen molar-refractivity contribution in [2.24, 2.45) is 0 Å². The zero-order valence-electron chi connectivity index (χ0n) is 16.1. The third kappa shape index (κ3) is 5.38. The van der Waals surface area contributed by atoms with Crippen LogP contribution >= 0.6 is 27.5 Å². The second-order valence-corrected chi connectivity index (χ2v) is 10.0. The molecule has 3 aromatic rings. The Kier molecular flexibility index (Phi) is 7.14. The Morgan fingerprint density at radius 3 is 2.03 bits per heavy atom. The summed E-state index contributed by atoms with van der Waals surface area (Å²) in [5.74, 6) is -1.58. The third-order valence-electron chi connectivity index (χ3n) is 4.74. The van der Waals surface area contributed by atoms with Crippen LogP contribution in [-0.2, 0) is 10.0 Å². The number of hydrogen-bond donors (Lipinski definition) is 1. The Morgan fingerprint density at radius 2 is 1.50 bits per heavy atom. The molecule has 0 heterocycles. The lowest BCUT2D eigenvalue weighted by molar-refractivity contribution is 0.461. The van der Waals surface area contributed by atoms with Crippen molar-refractivity contribution in [2.75, 3.05) is 0 Å². The highest BCUT2D eigenvalue weighted by Gasteiger charge is 2.32. The monoisotopic (exact) mass is 507 g/mol. The van der Waals surface area contributed by atoms with Crippen molar-refractivity contribution in [1.82, 2.24) is 4.72 Å². The van der Waals surface area contributed by atoms with Crippen molar-refractivity contribution in [2.45, 2.75) is 23.8 Å². The van der Waals surface area contributed by atoms with Gasteiger partial charge in [0.15, 0.2) is 0 Å². The highest BCUT2D eigenvalue weighted by molar-refractivity contribution is 9.10. The number of halogens is 3. The summed E-state index contributed by atoms with van der Waals surface area (Å²) in [5.41, 5.74) is 2.10. The molecule has 0 saturated carbocycles. The Hall–Kier alpha value is -1.99. The predicted molar refractivity (Wildman–Crippen MR) is 123 cm³/mol. The van der Waals surface area contributed by atoms with E-state index in [0.717, 1.165) is 10.0 Å². The average Bonchev–Trinajstić information content (AvgIpc) is 2.69. The molecule has 0 aromatic heterocycles. The van der Waals surface area contributed by atoms with Gasteiger partial charge in [-0.3, -0.25) is 0 Å². The lowest BCUT2D eigenvalue weighted by atomic mass is 9.87. The van der Waals surface area contributed by atoms with E-state index in [9.17, 15) is 12.8 Å². The lowest BCUT2D eigenvalue weighted by Gasteiger charge is -2.28. The van der Waals surface area contributed by atoms with Gasteiger partial charge in [0, 0.05) is 9.50 Å². The maximum atomic E-state index is 14.7. The first-order valence-corrected chi connectivity index (χ1v) is 11.8. The quantitative estimate of drug-likeness (QED) is 0.386. The van der Waals surface area contributed by atoms with Gasteiger partial charge < -0.3 is 0 Å². The summed E-state index contributed by atoms with van der Waals surface area (Å²) in [5, 5.41) is 0.498. The van der Waals surface area contributed by atoms with Crippen LogP contribution < -0.4 is 4.72 Å². The molecule has 0 spiro atoms. The normalized spacial score (nSPS) is 13.6. The molecule has 30 heavy (non-hydrogen) atoms.